The molecule has 0 spiro atoms. The van der Waals surface area contributed by atoms with E-state index < -0.39 is 35.6 Å². The van der Waals surface area contributed by atoms with E-state index in [1.165, 1.54) is 10.8 Å². The van der Waals surface area contributed by atoms with Crippen LogP contribution in [-0.2, 0) is 41.6 Å². The summed E-state index contributed by atoms with van der Waals surface area (Å²) in [6.07, 6.45) is 3.63. The molecular weight excluding hydrogens is 648 g/mol. The van der Waals surface area contributed by atoms with Crippen molar-refractivity contribution in [1.82, 2.24) is 20.3 Å². The van der Waals surface area contributed by atoms with Crippen LogP contribution in [0.4, 0.5) is 0 Å². The summed E-state index contributed by atoms with van der Waals surface area (Å²) in [5.74, 6) is -1.19. The molecule has 12 heteroatoms. The molecule has 1 amide bonds. The van der Waals surface area contributed by atoms with Gasteiger partial charge in [-0.3, -0.25) is 14.3 Å². The molecular formula is C37H45ClN4O7. The predicted octanol–water partition coefficient (Wildman–Crippen LogP) is 5.97. The normalized spacial score (nSPS) is 25.8. The zero-order valence-electron chi connectivity index (χ0n) is 28.8. The second-order valence-electron chi connectivity index (χ2n) is 13.9. The highest BCUT2D eigenvalue weighted by Gasteiger charge is 2.48. The maximum Gasteiger partial charge on any atom is 0.347 e. The van der Waals surface area contributed by atoms with Crippen LogP contribution >= 0.6 is 11.6 Å². The first kappa shape index (κ1) is 36.1. The standard InChI is InChI=1S/C37H45ClN4O7/c1-22(2)17-31-35(44)47-29(23(3)33-34(49-33)25-11-8-7-9-12-25)13-10-14-32(43)39-27(19-24-15-16-30(46-6)26(38)18-24)28-20-42(41-40-28)21-37(4,5)36(45)48-31/h7-12,14-16,18,20,22-23,27,29,31,33-34H,13,17,19,21H2,1-6H3,(H,39,43)/b14-10+/t23-,27+,29-,31?,33+,34+/m0/s1. The van der Waals surface area contributed by atoms with Gasteiger partial charge in [0.25, 0.3) is 0 Å². The Labute approximate surface area is 292 Å². The van der Waals surface area contributed by atoms with Crippen molar-refractivity contribution in [2.75, 3.05) is 7.11 Å². The van der Waals surface area contributed by atoms with Gasteiger partial charge in [-0.1, -0.05) is 80.1 Å². The summed E-state index contributed by atoms with van der Waals surface area (Å²) >= 11 is 6.40. The summed E-state index contributed by atoms with van der Waals surface area (Å²) in [5, 5.41) is 12.1. The van der Waals surface area contributed by atoms with E-state index in [4.69, 9.17) is 30.5 Å². The number of methoxy groups -OCH3 is 1. The summed E-state index contributed by atoms with van der Waals surface area (Å²) in [5.41, 5.74) is 1.32. The molecule has 3 aromatic rings. The molecule has 1 aromatic heterocycles. The van der Waals surface area contributed by atoms with E-state index in [2.05, 4.69) is 15.6 Å². The van der Waals surface area contributed by atoms with E-state index in [0.29, 0.717) is 22.9 Å². The Hall–Kier alpha value is -4.22. The molecule has 1 unspecified atom stereocenters. The molecule has 1 N–H and O–H groups in total. The second-order valence-corrected chi connectivity index (χ2v) is 14.3. The average Bonchev–Trinajstić information content (AvgIpc) is 3.73. The molecule has 2 bridgehead atoms. The van der Waals surface area contributed by atoms with Gasteiger partial charge in [-0.25, -0.2) is 4.79 Å². The summed E-state index contributed by atoms with van der Waals surface area (Å²) in [7, 11) is 1.54. The Morgan fingerprint density at radius 1 is 1.08 bits per heavy atom. The fraction of sp³-hybridized carbons (Fsp3) is 0.486. The first-order valence-electron chi connectivity index (χ1n) is 16.7. The van der Waals surface area contributed by atoms with E-state index in [1.807, 2.05) is 57.2 Å². The number of halogens is 1. The number of hydrogen-bond donors (Lipinski definition) is 1. The minimum atomic E-state index is -1.11. The monoisotopic (exact) mass is 692 g/mol. The SMILES string of the molecule is COc1ccc(C[C@H]2NC(=O)/C=C/C[C@@H]([C@H](C)[C@H]3O[C@@H]3c3ccccc3)OC(=O)C(CC(C)C)OC(=O)C(C)(C)Cn3cc2nn3)cc1Cl. The quantitative estimate of drug-likeness (QED) is 0.224. The van der Waals surface area contributed by atoms with Gasteiger partial charge in [-0.05, 0) is 61.9 Å². The molecule has 0 saturated carbocycles. The highest BCUT2D eigenvalue weighted by atomic mass is 35.5. The number of carbonyl (C=O) groups is 3. The first-order chi connectivity index (χ1) is 23.3. The summed E-state index contributed by atoms with van der Waals surface area (Å²) < 4.78 is 24.9. The zero-order chi connectivity index (χ0) is 35.3. The number of fused-ring (bicyclic) bond motifs is 2. The van der Waals surface area contributed by atoms with Gasteiger partial charge in [-0.2, -0.15) is 0 Å². The lowest BCUT2D eigenvalue weighted by Gasteiger charge is -2.28. The Kier molecular flexibility index (Phi) is 11.4. The zero-order valence-corrected chi connectivity index (χ0v) is 29.6. The van der Waals surface area contributed by atoms with Gasteiger partial charge < -0.3 is 24.3 Å². The average molecular weight is 693 g/mol. The van der Waals surface area contributed by atoms with Crippen molar-refractivity contribution in [2.45, 2.75) is 90.9 Å². The maximum absolute atomic E-state index is 13.7. The number of hydrogen-bond acceptors (Lipinski definition) is 9. The summed E-state index contributed by atoms with van der Waals surface area (Å²) in [4.78, 5) is 40.7. The molecule has 1 saturated heterocycles. The van der Waals surface area contributed by atoms with E-state index in [-0.39, 0.29) is 49.3 Å². The molecule has 11 nitrogen and oxygen atoms in total. The van der Waals surface area contributed by atoms with Crippen molar-refractivity contribution < 1.29 is 33.3 Å². The van der Waals surface area contributed by atoms with Crippen LogP contribution in [0.15, 0.2) is 66.9 Å². The topological polar surface area (TPSA) is 134 Å². The van der Waals surface area contributed by atoms with Crippen molar-refractivity contribution >= 4 is 29.4 Å². The van der Waals surface area contributed by atoms with Crippen LogP contribution < -0.4 is 10.1 Å². The number of cyclic esters (lactones) is 2. The Morgan fingerprint density at radius 3 is 2.53 bits per heavy atom. The Balaban J connectivity index is 1.44. The molecule has 5 rings (SSSR count). The van der Waals surface area contributed by atoms with Crippen LogP contribution in [0.5, 0.6) is 5.75 Å². The third kappa shape index (κ3) is 9.27. The van der Waals surface area contributed by atoms with Gasteiger partial charge >= 0.3 is 11.9 Å². The van der Waals surface area contributed by atoms with Crippen LogP contribution in [0.1, 0.15) is 76.4 Å². The molecule has 2 aliphatic rings. The van der Waals surface area contributed by atoms with E-state index in [0.717, 1.165) is 11.1 Å². The minimum absolute atomic E-state index is 0.0478. The van der Waals surface area contributed by atoms with Crippen LogP contribution in [-0.4, -0.2) is 58.3 Å². The molecule has 1 fully saturated rings. The number of nitrogens with one attached hydrogen (secondary N) is 1. The number of rotatable bonds is 8. The molecule has 2 aliphatic heterocycles. The van der Waals surface area contributed by atoms with E-state index >= 15 is 0 Å². The van der Waals surface area contributed by atoms with Crippen LogP contribution in [0.2, 0.25) is 5.02 Å². The van der Waals surface area contributed by atoms with Crippen molar-refractivity contribution in [1.29, 1.82) is 0 Å². The maximum atomic E-state index is 13.7. The van der Waals surface area contributed by atoms with E-state index in [9.17, 15) is 14.4 Å². The largest absolute Gasteiger partial charge is 0.495 e. The third-order valence-electron chi connectivity index (χ3n) is 8.86. The highest BCUT2D eigenvalue weighted by molar-refractivity contribution is 6.32. The smallest absolute Gasteiger partial charge is 0.347 e. The number of benzene rings is 2. The lowest BCUT2D eigenvalue weighted by Crippen LogP contribution is -2.40. The van der Waals surface area contributed by atoms with Crippen molar-refractivity contribution in [2.24, 2.45) is 17.3 Å². The number of nitrogens with zero attached hydrogens (tertiary/aromatic N) is 3. The van der Waals surface area contributed by atoms with Gasteiger partial charge in [-0.15, -0.1) is 5.10 Å². The fourth-order valence-corrected chi connectivity index (χ4v) is 6.28. The number of epoxide rings is 1. The molecule has 0 aliphatic carbocycles. The fourth-order valence-electron chi connectivity index (χ4n) is 6.00. The number of ether oxygens (including phenoxy) is 4. The second kappa shape index (κ2) is 15.6. The molecule has 2 aromatic carbocycles. The number of esters is 2. The van der Waals surface area contributed by atoms with Crippen molar-refractivity contribution in [3.05, 3.63) is 88.7 Å². The number of amides is 1. The summed E-state index contributed by atoms with van der Waals surface area (Å²) in [6.45, 7) is 9.44. The van der Waals surface area contributed by atoms with Gasteiger partial charge in [0, 0.05) is 12.3 Å². The Bertz CT molecular complexity index is 1660. The lowest BCUT2D eigenvalue weighted by atomic mass is 9.93. The lowest BCUT2D eigenvalue weighted by molar-refractivity contribution is -0.179. The number of carbonyl (C=O) groups excluding carboxylic acids is 3. The van der Waals surface area contributed by atoms with E-state index in [1.54, 1.807) is 45.4 Å². The van der Waals surface area contributed by atoms with Crippen LogP contribution in [0, 0.1) is 17.3 Å². The number of aromatic nitrogens is 3. The molecule has 6 atom stereocenters. The highest BCUT2D eigenvalue weighted by Crippen LogP contribution is 2.45. The van der Waals surface area contributed by atoms with Gasteiger partial charge in [0.2, 0.25) is 5.91 Å². The predicted molar refractivity (Wildman–Crippen MR) is 183 cm³/mol. The summed E-state index contributed by atoms with van der Waals surface area (Å²) in [6, 6.07) is 14.7. The third-order valence-corrected chi connectivity index (χ3v) is 9.15. The van der Waals surface area contributed by atoms with Crippen molar-refractivity contribution in [3.8, 4) is 5.75 Å². The van der Waals surface area contributed by atoms with Gasteiger partial charge in [0.15, 0.2) is 6.10 Å². The van der Waals surface area contributed by atoms with Gasteiger partial charge in [0.05, 0.1) is 42.4 Å². The van der Waals surface area contributed by atoms with Crippen LogP contribution in [0.25, 0.3) is 0 Å². The molecule has 3 heterocycles. The molecule has 49 heavy (non-hydrogen) atoms. The van der Waals surface area contributed by atoms with Gasteiger partial charge in [0.1, 0.15) is 23.7 Å². The molecule has 262 valence electrons. The van der Waals surface area contributed by atoms with Crippen molar-refractivity contribution in [3.63, 3.8) is 0 Å². The Morgan fingerprint density at radius 2 is 1.84 bits per heavy atom. The first-order valence-corrected chi connectivity index (χ1v) is 17.0. The minimum Gasteiger partial charge on any atom is -0.495 e. The molecule has 0 radical (unpaired) electrons. The van der Waals surface area contributed by atoms with Crippen LogP contribution in [0.3, 0.4) is 0 Å².